The fourth-order valence-electron chi connectivity index (χ4n) is 1.61. The van der Waals surface area contributed by atoms with Crippen molar-refractivity contribution in [1.82, 2.24) is 5.16 Å². The molecule has 0 aliphatic rings. The van der Waals surface area contributed by atoms with Crippen LogP contribution in [0.5, 0.6) is 5.75 Å². The van der Waals surface area contributed by atoms with E-state index in [4.69, 9.17) is 20.9 Å². The van der Waals surface area contributed by atoms with Crippen LogP contribution in [0.4, 0.5) is 5.82 Å². The van der Waals surface area contributed by atoms with E-state index in [-0.39, 0.29) is 22.2 Å². The number of carbonyl (C=O) groups excluding carboxylic acids is 2. The highest BCUT2D eigenvalue weighted by molar-refractivity contribution is 6.30. The van der Waals surface area contributed by atoms with Crippen LogP contribution in [0.1, 0.15) is 23.0 Å². The van der Waals surface area contributed by atoms with Crippen molar-refractivity contribution < 1.29 is 24.0 Å². The molecule has 1 aromatic heterocycles. The van der Waals surface area contributed by atoms with Crippen molar-refractivity contribution in [3.63, 3.8) is 0 Å². The van der Waals surface area contributed by atoms with Crippen molar-refractivity contribution in [2.24, 2.45) is 0 Å². The van der Waals surface area contributed by atoms with Crippen LogP contribution in [0.25, 0.3) is 0 Å². The molecule has 0 saturated carbocycles. The molecule has 116 valence electrons. The van der Waals surface area contributed by atoms with Gasteiger partial charge in [0.1, 0.15) is 17.1 Å². The summed E-state index contributed by atoms with van der Waals surface area (Å²) in [5, 5.41) is 16.0. The van der Waals surface area contributed by atoms with E-state index >= 15 is 0 Å². The Labute approximate surface area is 130 Å². The molecule has 1 heterocycles. The van der Waals surface area contributed by atoms with Gasteiger partial charge in [0.05, 0.1) is 0 Å². The minimum atomic E-state index is -1.08. The van der Waals surface area contributed by atoms with E-state index in [1.54, 1.807) is 6.92 Å². The maximum atomic E-state index is 11.9. The zero-order chi connectivity index (χ0) is 16.3. The Morgan fingerprint density at radius 2 is 2.14 bits per heavy atom. The number of carbonyl (C=O) groups is 2. The lowest BCUT2D eigenvalue weighted by atomic mass is 10.2. The van der Waals surface area contributed by atoms with Crippen LogP contribution in [0.15, 0.2) is 28.8 Å². The van der Waals surface area contributed by atoms with E-state index in [0.29, 0.717) is 5.76 Å². The Balaban J connectivity index is 1.99. The second kappa shape index (κ2) is 6.48. The number of aromatic nitrogens is 1. The number of anilines is 1. The highest BCUT2D eigenvalue weighted by Gasteiger charge is 2.21. The average Bonchev–Trinajstić information content (AvgIpc) is 2.83. The predicted octanol–water partition coefficient (Wildman–Crippen LogP) is 2.53. The summed E-state index contributed by atoms with van der Waals surface area (Å²) in [7, 11) is 0. The van der Waals surface area contributed by atoms with Gasteiger partial charge in [-0.1, -0.05) is 16.8 Å². The fourth-order valence-corrected chi connectivity index (χ4v) is 1.77. The van der Waals surface area contributed by atoms with E-state index in [2.05, 4.69) is 10.5 Å². The number of esters is 1. The number of aryl methyl sites for hydroxylation is 1. The van der Waals surface area contributed by atoms with Gasteiger partial charge in [-0.2, -0.15) is 0 Å². The summed E-state index contributed by atoms with van der Waals surface area (Å²) in [6.45, 7) is 3.07. The van der Waals surface area contributed by atoms with Crippen LogP contribution < -0.4 is 5.32 Å². The zero-order valence-corrected chi connectivity index (χ0v) is 12.5. The van der Waals surface area contributed by atoms with Crippen molar-refractivity contribution in [3.8, 4) is 5.75 Å². The summed E-state index contributed by atoms with van der Waals surface area (Å²) in [5.41, 5.74) is -0.0821. The third kappa shape index (κ3) is 3.76. The number of nitrogens with one attached hydrogen (secondary N) is 1. The van der Waals surface area contributed by atoms with Gasteiger partial charge < -0.3 is 19.7 Å². The highest BCUT2D eigenvalue weighted by Crippen LogP contribution is 2.23. The number of halogens is 1. The molecule has 0 aliphatic carbocycles. The standard InChI is InChI=1S/C14H13ClN2O5/c1-7-5-12(17-22-7)16-13(19)8(2)21-14(20)10-4-3-9(15)6-11(10)18/h3-6,8,18H,1-2H3,(H,16,17,19). The lowest BCUT2D eigenvalue weighted by Gasteiger charge is -2.12. The first-order chi connectivity index (χ1) is 10.4. The Morgan fingerprint density at radius 1 is 1.41 bits per heavy atom. The van der Waals surface area contributed by atoms with Gasteiger partial charge in [-0.3, -0.25) is 4.79 Å². The summed E-state index contributed by atoms with van der Waals surface area (Å²) >= 11 is 5.68. The molecule has 2 N–H and O–H groups in total. The molecule has 0 radical (unpaired) electrons. The van der Waals surface area contributed by atoms with Crippen molar-refractivity contribution in [3.05, 3.63) is 40.6 Å². The molecular formula is C14H13ClN2O5. The number of nitrogens with zero attached hydrogens (tertiary/aromatic N) is 1. The number of benzene rings is 1. The van der Waals surface area contributed by atoms with Crippen LogP contribution in [0.2, 0.25) is 5.02 Å². The van der Waals surface area contributed by atoms with Crippen molar-refractivity contribution in [2.75, 3.05) is 5.32 Å². The molecule has 1 aromatic carbocycles. The molecule has 0 bridgehead atoms. The molecule has 2 aromatic rings. The summed E-state index contributed by atoms with van der Waals surface area (Å²) in [6, 6.07) is 5.48. The van der Waals surface area contributed by atoms with Gasteiger partial charge >= 0.3 is 5.97 Å². The Kier molecular flexibility index (Phi) is 4.67. The number of hydrogen-bond acceptors (Lipinski definition) is 6. The number of ether oxygens (including phenoxy) is 1. The first-order valence-corrected chi connectivity index (χ1v) is 6.68. The number of hydrogen-bond donors (Lipinski definition) is 2. The molecule has 0 fully saturated rings. The molecule has 2 rings (SSSR count). The summed E-state index contributed by atoms with van der Waals surface area (Å²) in [4.78, 5) is 23.8. The average molecular weight is 325 g/mol. The summed E-state index contributed by atoms with van der Waals surface area (Å²) < 4.78 is 9.79. The summed E-state index contributed by atoms with van der Waals surface area (Å²) in [5.74, 6) is -0.980. The van der Waals surface area contributed by atoms with Crippen LogP contribution in [-0.4, -0.2) is 28.2 Å². The molecule has 1 atom stereocenters. The Bertz CT molecular complexity index is 713. The molecule has 0 saturated heterocycles. The fraction of sp³-hybridized carbons (Fsp3) is 0.214. The number of phenolic OH excluding ortho intramolecular Hbond substituents is 1. The molecule has 1 amide bonds. The molecule has 0 spiro atoms. The van der Waals surface area contributed by atoms with Gasteiger partial charge in [0.25, 0.3) is 5.91 Å². The summed E-state index contributed by atoms with van der Waals surface area (Å²) in [6.07, 6.45) is -1.08. The molecule has 7 nitrogen and oxygen atoms in total. The van der Waals surface area contributed by atoms with Crippen molar-refractivity contribution >= 4 is 29.3 Å². The van der Waals surface area contributed by atoms with Gasteiger partial charge in [0, 0.05) is 11.1 Å². The lowest BCUT2D eigenvalue weighted by Crippen LogP contribution is -2.30. The first-order valence-electron chi connectivity index (χ1n) is 6.30. The third-order valence-corrected chi connectivity index (χ3v) is 2.95. The number of aromatic hydroxyl groups is 1. The Hall–Kier alpha value is -2.54. The van der Waals surface area contributed by atoms with Gasteiger partial charge in [0.2, 0.25) is 0 Å². The third-order valence-electron chi connectivity index (χ3n) is 2.71. The van der Waals surface area contributed by atoms with E-state index in [9.17, 15) is 14.7 Å². The van der Waals surface area contributed by atoms with Gasteiger partial charge in [0.15, 0.2) is 11.9 Å². The lowest BCUT2D eigenvalue weighted by molar-refractivity contribution is -0.123. The topological polar surface area (TPSA) is 102 Å². The van der Waals surface area contributed by atoms with Gasteiger partial charge in [-0.15, -0.1) is 0 Å². The molecule has 8 heteroatoms. The predicted molar refractivity (Wildman–Crippen MR) is 77.9 cm³/mol. The second-order valence-electron chi connectivity index (χ2n) is 4.52. The molecule has 22 heavy (non-hydrogen) atoms. The van der Waals surface area contributed by atoms with Crippen LogP contribution in [0, 0.1) is 6.92 Å². The molecular weight excluding hydrogens is 312 g/mol. The monoisotopic (exact) mass is 324 g/mol. The molecule has 1 unspecified atom stereocenters. The highest BCUT2D eigenvalue weighted by atomic mass is 35.5. The van der Waals surface area contributed by atoms with Gasteiger partial charge in [-0.25, -0.2) is 4.79 Å². The SMILES string of the molecule is Cc1cc(NC(=O)C(C)OC(=O)c2ccc(Cl)cc2O)no1. The van der Waals surface area contributed by atoms with E-state index in [1.807, 2.05) is 0 Å². The smallest absolute Gasteiger partial charge is 0.342 e. The quantitative estimate of drug-likeness (QED) is 0.838. The van der Waals surface area contributed by atoms with E-state index in [1.165, 1.54) is 31.2 Å². The maximum Gasteiger partial charge on any atom is 0.342 e. The van der Waals surface area contributed by atoms with E-state index in [0.717, 1.165) is 0 Å². The van der Waals surface area contributed by atoms with Crippen LogP contribution in [0.3, 0.4) is 0 Å². The zero-order valence-electron chi connectivity index (χ0n) is 11.8. The normalized spacial score (nSPS) is 11.8. The second-order valence-corrected chi connectivity index (χ2v) is 4.96. The maximum absolute atomic E-state index is 11.9. The minimum Gasteiger partial charge on any atom is -0.507 e. The van der Waals surface area contributed by atoms with Crippen LogP contribution >= 0.6 is 11.6 Å². The van der Waals surface area contributed by atoms with Crippen molar-refractivity contribution in [1.29, 1.82) is 0 Å². The minimum absolute atomic E-state index is 0.0821. The molecule has 0 aliphatic heterocycles. The largest absolute Gasteiger partial charge is 0.507 e. The number of rotatable bonds is 4. The number of phenols is 1. The van der Waals surface area contributed by atoms with E-state index < -0.39 is 18.0 Å². The van der Waals surface area contributed by atoms with Gasteiger partial charge in [-0.05, 0) is 32.0 Å². The van der Waals surface area contributed by atoms with Crippen molar-refractivity contribution in [2.45, 2.75) is 20.0 Å². The Morgan fingerprint density at radius 3 is 2.73 bits per heavy atom. The number of amides is 1. The van der Waals surface area contributed by atoms with Crippen LogP contribution in [-0.2, 0) is 9.53 Å². The first kappa shape index (κ1) is 15.8.